The largest absolute Gasteiger partial charge is 0.478 e. The first-order valence-corrected chi connectivity index (χ1v) is 6.10. The van der Waals surface area contributed by atoms with Gasteiger partial charge in [0.15, 0.2) is 6.10 Å². The van der Waals surface area contributed by atoms with Gasteiger partial charge in [-0.1, -0.05) is 0 Å². The second-order valence-electron chi connectivity index (χ2n) is 3.97. The van der Waals surface area contributed by atoms with Gasteiger partial charge in [-0.25, -0.2) is 9.18 Å². The van der Waals surface area contributed by atoms with Crippen LogP contribution in [0.3, 0.4) is 0 Å². The first-order chi connectivity index (χ1) is 8.11. The highest BCUT2D eigenvalue weighted by molar-refractivity contribution is 9.10. The third-order valence-corrected chi connectivity index (χ3v) is 3.28. The summed E-state index contributed by atoms with van der Waals surface area (Å²) in [6.45, 7) is 0. The summed E-state index contributed by atoms with van der Waals surface area (Å²) >= 11 is 3.06. The summed E-state index contributed by atoms with van der Waals surface area (Å²) in [7, 11) is 1.32. The number of ether oxygens (including phenoxy) is 2. The minimum absolute atomic E-state index is 0.189. The monoisotopic (exact) mass is 302 g/mol. The van der Waals surface area contributed by atoms with Gasteiger partial charge >= 0.3 is 5.97 Å². The zero-order chi connectivity index (χ0) is 12.4. The number of benzene rings is 1. The molecule has 0 amide bonds. The molecule has 1 aromatic rings. The van der Waals surface area contributed by atoms with Crippen molar-refractivity contribution in [1.29, 1.82) is 0 Å². The third-order valence-electron chi connectivity index (χ3n) is 2.64. The Labute approximate surface area is 107 Å². The first-order valence-electron chi connectivity index (χ1n) is 5.31. The van der Waals surface area contributed by atoms with Gasteiger partial charge in [0.1, 0.15) is 11.6 Å². The molecule has 0 radical (unpaired) electrons. The SMILES string of the molecule is COC(=O)C(Oc1ccc(Br)c(F)c1)C1CC1. The van der Waals surface area contributed by atoms with Crippen LogP contribution in [0, 0.1) is 11.7 Å². The topological polar surface area (TPSA) is 35.5 Å². The molecular weight excluding hydrogens is 291 g/mol. The van der Waals surface area contributed by atoms with Gasteiger partial charge in [0, 0.05) is 12.0 Å². The maximum Gasteiger partial charge on any atom is 0.347 e. The summed E-state index contributed by atoms with van der Waals surface area (Å²) in [5.41, 5.74) is 0. The third kappa shape index (κ3) is 2.97. The van der Waals surface area contributed by atoms with Crippen LogP contribution < -0.4 is 4.74 Å². The van der Waals surface area contributed by atoms with Crippen LogP contribution in [0.4, 0.5) is 4.39 Å². The van der Waals surface area contributed by atoms with Crippen molar-refractivity contribution in [3.05, 3.63) is 28.5 Å². The van der Waals surface area contributed by atoms with Crippen LogP contribution in [-0.4, -0.2) is 19.2 Å². The Bertz CT molecular complexity index is 432. The van der Waals surface area contributed by atoms with Crippen LogP contribution in [0.1, 0.15) is 12.8 Å². The molecule has 0 heterocycles. The molecule has 1 saturated carbocycles. The average molecular weight is 303 g/mol. The number of methoxy groups -OCH3 is 1. The summed E-state index contributed by atoms with van der Waals surface area (Å²) < 4.78 is 23.8. The maximum atomic E-state index is 13.3. The van der Waals surface area contributed by atoms with E-state index in [0.29, 0.717) is 10.2 Å². The fourth-order valence-corrected chi connectivity index (χ4v) is 1.80. The fourth-order valence-electron chi connectivity index (χ4n) is 1.55. The highest BCUT2D eigenvalue weighted by Gasteiger charge is 2.39. The molecule has 0 bridgehead atoms. The van der Waals surface area contributed by atoms with Crippen LogP contribution >= 0.6 is 15.9 Å². The lowest BCUT2D eigenvalue weighted by Crippen LogP contribution is -2.30. The van der Waals surface area contributed by atoms with E-state index in [9.17, 15) is 9.18 Å². The van der Waals surface area contributed by atoms with Gasteiger partial charge in [-0.3, -0.25) is 0 Å². The zero-order valence-electron chi connectivity index (χ0n) is 9.28. The molecule has 1 atom stereocenters. The number of hydrogen-bond donors (Lipinski definition) is 0. The number of esters is 1. The second-order valence-corrected chi connectivity index (χ2v) is 4.83. The Kier molecular flexibility index (Phi) is 3.66. The smallest absolute Gasteiger partial charge is 0.347 e. The number of carbonyl (C=O) groups is 1. The van der Waals surface area contributed by atoms with Crippen molar-refractivity contribution in [1.82, 2.24) is 0 Å². The van der Waals surface area contributed by atoms with E-state index in [4.69, 9.17) is 4.74 Å². The number of rotatable bonds is 4. The lowest BCUT2D eigenvalue weighted by atomic mass is 10.2. The van der Waals surface area contributed by atoms with Gasteiger partial charge < -0.3 is 9.47 Å². The van der Waals surface area contributed by atoms with Crippen molar-refractivity contribution < 1.29 is 18.7 Å². The second kappa shape index (κ2) is 5.04. The molecule has 1 fully saturated rings. The molecule has 0 saturated heterocycles. The summed E-state index contributed by atoms with van der Waals surface area (Å²) in [5.74, 6) is -0.292. The van der Waals surface area contributed by atoms with Crippen molar-refractivity contribution in [2.45, 2.75) is 18.9 Å². The van der Waals surface area contributed by atoms with Crippen LogP contribution in [0.5, 0.6) is 5.75 Å². The Morgan fingerprint density at radius 2 is 2.24 bits per heavy atom. The van der Waals surface area contributed by atoms with Crippen molar-refractivity contribution in [3.8, 4) is 5.75 Å². The lowest BCUT2D eigenvalue weighted by Gasteiger charge is -2.16. The number of carbonyl (C=O) groups excluding carboxylic acids is 1. The van der Waals surface area contributed by atoms with Crippen molar-refractivity contribution in [2.75, 3.05) is 7.11 Å². The van der Waals surface area contributed by atoms with Crippen molar-refractivity contribution in [2.24, 2.45) is 5.92 Å². The van der Waals surface area contributed by atoms with Crippen molar-refractivity contribution >= 4 is 21.9 Å². The summed E-state index contributed by atoms with van der Waals surface area (Å²) in [5, 5.41) is 0. The Morgan fingerprint density at radius 1 is 1.53 bits per heavy atom. The molecular formula is C12H12BrFO3. The maximum absolute atomic E-state index is 13.3. The van der Waals surface area contributed by atoms with Gasteiger partial charge in [0.2, 0.25) is 0 Å². The van der Waals surface area contributed by atoms with E-state index < -0.39 is 17.9 Å². The Balaban J connectivity index is 2.11. The van der Waals surface area contributed by atoms with E-state index in [1.807, 2.05) is 0 Å². The highest BCUT2D eigenvalue weighted by Crippen LogP contribution is 2.36. The molecule has 3 nitrogen and oxygen atoms in total. The summed E-state index contributed by atoms with van der Waals surface area (Å²) in [6, 6.07) is 4.42. The van der Waals surface area contributed by atoms with E-state index in [0.717, 1.165) is 12.8 Å². The molecule has 0 N–H and O–H groups in total. The van der Waals surface area contributed by atoms with Gasteiger partial charge in [-0.2, -0.15) is 0 Å². The molecule has 92 valence electrons. The molecule has 1 unspecified atom stereocenters. The van der Waals surface area contributed by atoms with Gasteiger partial charge in [-0.15, -0.1) is 0 Å². The molecule has 0 spiro atoms. The lowest BCUT2D eigenvalue weighted by molar-refractivity contribution is -0.149. The number of hydrogen-bond acceptors (Lipinski definition) is 3. The molecule has 5 heteroatoms. The predicted octanol–water partition coefficient (Wildman–Crippen LogP) is 2.92. The van der Waals surface area contributed by atoms with E-state index in [1.54, 1.807) is 12.1 Å². The van der Waals surface area contributed by atoms with E-state index in [2.05, 4.69) is 20.7 Å². The summed E-state index contributed by atoms with van der Waals surface area (Å²) in [4.78, 5) is 11.5. The molecule has 0 aliphatic heterocycles. The minimum Gasteiger partial charge on any atom is -0.478 e. The number of halogens is 2. The average Bonchev–Trinajstić information content (AvgIpc) is 3.13. The van der Waals surface area contributed by atoms with E-state index >= 15 is 0 Å². The van der Waals surface area contributed by atoms with E-state index in [1.165, 1.54) is 13.2 Å². The normalized spacial score (nSPS) is 16.4. The van der Waals surface area contributed by atoms with Crippen LogP contribution in [0.2, 0.25) is 0 Å². The first kappa shape index (κ1) is 12.4. The molecule has 2 rings (SSSR count). The van der Waals surface area contributed by atoms with Crippen LogP contribution in [-0.2, 0) is 9.53 Å². The van der Waals surface area contributed by atoms with Gasteiger partial charge in [-0.05, 0) is 40.9 Å². The Morgan fingerprint density at radius 3 is 2.76 bits per heavy atom. The standard InChI is InChI=1S/C12H12BrFO3/c1-16-12(15)11(7-2-3-7)17-8-4-5-9(13)10(14)6-8/h4-7,11H,2-3H2,1H3. The predicted molar refractivity (Wildman–Crippen MR) is 63.3 cm³/mol. The molecule has 17 heavy (non-hydrogen) atoms. The van der Waals surface area contributed by atoms with Gasteiger partial charge in [0.05, 0.1) is 11.6 Å². The Hall–Kier alpha value is -1.10. The van der Waals surface area contributed by atoms with E-state index in [-0.39, 0.29) is 5.92 Å². The fraction of sp³-hybridized carbons (Fsp3) is 0.417. The molecule has 0 aromatic heterocycles. The minimum atomic E-state index is -0.624. The highest BCUT2D eigenvalue weighted by atomic mass is 79.9. The molecule has 1 aromatic carbocycles. The molecule has 1 aliphatic rings. The zero-order valence-corrected chi connectivity index (χ0v) is 10.9. The quantitative estimate of drug-likeness (QED) is 0.802. The van der Waals surface area contributed by atoms with Crippen LogP contribution in [0.25, 0.3) is 0 Å². The van der Waals surface area contributed by atoms with Crippen LogP contribution in [0.15, 0.2) is 22.7 Å². The van der Waals surface area contributed by atoms with Crippen molar-refractivity contribution in [3.63, 3.8) is 0 Å². The summed E-state index contributed by atoms with van der Waals surface area (Å²) in [6.07, 6.45) is 1.26. The molecule has 1 aliphatic carbocycles. The van der Waals surface area contributed by atoms with Gasteiger partial charge in [0.25, 0.3) is 0 Å².